The number of carbonyl (C=O) groups is 1. The number of nitrogens with two attached hydrogens (primary N) is 1. The predicted octanol–water partition coefficient (Wildman–Crippen LogP) is 2.61. The number of hydrogen-bond acceptors (Lipinski definition) is 2. The van der Waals surface area contributed by atoms with Gasteiger partial charge in [0.25, 0.3) is 0 Å². The number of halogens is 1. The number of anilines is 1. The molecule has 4 heteroatoms. The minimum Gasteiger partial charge on any atom is -0.399 e. The average Bonchev–Trinajstić information content (AvgIpc) is 2.38. The maximum Gasteiger partial charge on any atom is 0.227 e. The van der Waals surface area contributed by atoms with Crippen LogP contribution in [0.5, 0.6) is 0 Å². The first-order valence-corrected chi connectivity index (χ1v) is 6.37. The molecule has 0 spiro atoms. The molecule has 2 aromatic carbocycles. The lowest BCUT2D eigenvalue weighted by Gasteiger charge is -2.17. The van der Waals surface area contributed by atoms with Crippen molar-refractivity contribution in [3.63, 3.8) is 0 Å². The molecule has 1 amide bonds. The van der Waals surface area contributed by atoms with E-state index >= 15 is 0 Å². The predicted molar refractivity (Wildman–Crippen MR) is 77.4 cm³/mol. The van der Waals surface area contributed by atoms with Crippen LogP contribution in [0.2, 0.25) is 0 Å². The van der Waals surface area contributed by atoms with E-state index < -0.39 is 0 Å². The number of likely N-dealkylation sites (N-methyl/N-ethyl adjacent to an activating group) is 1. The van der Waals surface area contributed by atoms with Crippen molar-refractivity contribution in [1.82, 2.24) is 4.90 Å². The van der Waals surface area contributed by atoms with E-state index in [9.17, 15) is 9.18 Å². The van der Waals surface area contributed by atoms with Crippen LogP contribution < -0.4 is 5.73 Å². The Morgan fingerprint density at radius 2 is 1.85 bits per heavy atom. The Kier molecular flexibility index (Phi) is 4.35. The topological polar surface area (TPSA) is 46.3 Å². The molecule has 104 valence electrons. The van der Waals surface area contributed by atoms with Crippen molar-refractivity contribution in [3.8, 4) is 0 Å². The van der Waals surface area contributed by atoms with E-state index in [0.29, 0.717) is 12.2 Å². The molecule has 20 heavy (non-hydrogen) atoms. The SMILES string of the molecule is CN(Cc1cccc(F)c1)C(=O)Cc1cccc(N)c1. The molecule has 2 N–H and O–H groups in total. The lowest BCUT2D eigenvalue weighted by Crippen LogP contribution is -2.27. The zero-order valence-electron chi connectivity index (χ0n) is 11.3. The number of carbonyl (C=O) groups excluding carboxylic acids is 1. The van der Waals surface area contributed by atoms with Crippen molar-refractivity contribution >= 4 is 11.6 Å². The third-order valence-electron chi connectivity index (χ3n) is 3.04. The van der Waals surface area contributed by atoms with E-state index in [-0.39, 0.29) is 18.1 Å². The zero-order valence-corrected chi connectivity index (χ0v) is 11.3. The van der Waals surface area contributed by atoms with E-state index in [2.05, 4.69) is 0 Å². The minimum absolute atomic E-state index is 0.0279. The van der Waals surface area contributed by atoms with Gasteiger partial charge in [0, 0.05) is 19.3 Å². The summed E-state index contributed by atoms with van der Waals surface area (Å²) in [6.07, 6.45) is 0.289. The monoisotopic (exact) mass is 272 g/mol. The fourth-order valence-electron chi connectivity index (χ4n) is 2.01. The van der Waals surface area contributed by atoms with Crippen molar-refractivity contribution in [2.24, 2.45) is 0 Å². The van der Waals surface area contributed by atoms with Crippen LogP contribution in [0.1, 0.15) is 11.1 Å². The van der Waals surface area contributed by atoms with Crippen LogP contribution in [0, 0.1) is 5.82 Å². The second-order valence-electron chi connectivity index (χ2n) is 4.80. The van der Waals surface area contributed by atoms with E-state index in [0.717, 1.165) is 11.1 Å². The van der Waals surface area contributed by atoms with Crippen molar-refractivity contribution < 1.29 is 9.18 Å². The summed E-state index contributed by atoms with van der Waals surface area (Å²) in [6, 6.07) is 13.5. The summed E-state index contributed by atoms with van der Waals surface area (Å²) >= 11 is 0. The fourth-order valence-corrected chi connectivity index (χ4v) is 2.01. The van der Waals surface area contributed by atoms with Crippen molar-refractivity contribution in [2.45, 2.75) is 13.0 Å². The van der Waals surface area contributed by atoms with Crippen LogP contribution in [0.3, 0.4) is 0 Å². The largest absolute Gasteiger partial charge is 0.399 e. The quantitative estimate of drug-likeness (QED) is 0.870. The summed E-state index contributed by atoms with van der Waals surface area (Å²) in [5.41, 5.74) is 7.97. The van der Waals surface area contributed by atoms with Gasteiger partial charge < -0.3 is 10.6 Å². The van der Waals surface area contributed by atoms with E-state index in [1.54, 1.807) is 36.2 Å². The third kappa shape index (κ3) is 3.82. The number of benzene rings is 2. The van der Waals surface area contributed by atoms with Gasteiger partial charge in [-0.2, -0.15) is 0 Å². The van der Waals surface area contributed by atoms with E-state index in [4.69, 9.17) is 5.73 Å². The normalized spacial score (nSPS) is 10.3. The molecule has 0 unspecified atom stereocenters. The summed E-state index contributed by atoms with van der Waals surface area (Å²) < 4.78 is 13.1. The highest BCUT2D eigenvalue weighted by atomic mass is 19.1. The van der Waals surface area contributed by atoms with E-state index in [1.165, 1.54) is 12.1 Å². The van der Waals surface area contributed by atoms with Gasteiger partial charge in [-0.3, -0.25) is 4.79 Å². The molecule has 2 aromatic rings. The highest BCUT2D eigenvalue weighted by Gasteiger charge is 2.10. The Labute approximate surface area is 117 Å². The Morgan fingerprint density at radius 3 is 2.55 bits per heavy atom. The molecule has 0 fully saturated rings. The number of rotatable bonds is 4. The summed E-state index contributed by atoms with van der Waals surface area (Å²) in [5.74, 6) is -0.320. The summed E-state index contributed by atoms with van der Waals surface area (Å²) in [7, 11) is 1.71. The number of amides is 1. The Bertz CT molecular complexity index is 613. The molecule has 0 aliphatic carbocycles. The van der Waals surface area contributed by atoms with Crippen LogP contribution >= 0.6 is 0 Å². The summed E-state index contributed by atoms with van der Waals surface area (Å²) in [5, 5.41) is 0. The molecule has 0 aliphatic heterocycles. The van der Waals surface area contributed by atoms with Gasteiger partial charge in [-0.15, -0.1) is 0 Å². The lowest BCUT2D eigenvalue weighted by molar-refractivity contribution is -0.129. The maximum atomic E-state index is 13.1. The average molecular weight is 272 g/mol. The molecular formula is C16H17FN2O. The van der Waals surface area contributed by atoms with Gasteiger partial charge in [0.15, 0.2) is 0 Å². The molecule has 0 aromatic heterocycles. The van der Waals surface area contributed by atoms with Gasteiger partial charge in [-0.25, -0.2) is 4.39 Å². The first kappa shape index (κ1) is 14.1. The highest BCUT2D eigenvalue weighted by Crippen LogP contribution is 2.10. The van der Waals surface area contributed by atoms with Gasteiger partial charge in [-0.1, -0.05) is 24.3 Å². The lowest BCUT2D eigenvalue weighted by atomic mass is 10.1. The molecule has 3 nitrogen and oxygen atoms in total. The minimum atomic E-state index is -0.292. The van der Waals surface area contributed by atoms with Crippen LogP contribution in [0.25, 0.3) is 0 Å². The molecule has 0 radical (unpaired) electrons. The number of nitrogens with zero attached hydrogens (tertiary/aromatic N) is 1. The standard InChI is InChI=1S/C16H17FN2O/c1-19(11-13-5-2-6-14(17)8-13)16(20)10-12-4-3-7-15(18)9-12/h2-9H,10-11,18H2,1H3. The second kappa shape index (κ2) is 6.19. The summed E-state index contributed by atoms with van der Waals surface area (Å²) in [6.45, 7) is 0.388. The molecule has 0 heterocycles. The molecule has 0 saturated heterocycles. The van der Waals surface area contributed by atoms with Gasteiger partial charge in [0.2, 0.25) is 5.91 Å². The van der Waals surface area contributed by atoms with Crippen LogP contribution in [-0.4, -0.2) is 17.9 Å². The van der Waals surface area contributed by atoms with Crippen molar-refractivity contribution in [3.05, 3.63) is 65.5 Å². The van der Waals surface area contributed by atoms with Gasteiger partial charge >= 0.3 is 0 Å². The van der Waals surface area contributed by atoms with Crippen LogP contribution in [0.4, 0.5) is 10.1 Å². The second-order valence-corrected chi connectivity index (χ2v) is 4.80. The van der Waals surface area contributed by atoms with Gasteiger partial charge in [-0.05, 0) is 35.4 Å². The molecule has 2 rings (SSSR count). The number of nitrogen functional groups attached to an aromatic ring is 1. The van der Waals surface area contributed by atoms with Crippen molar-refractivity contribution in [1.29, 1.82) is 0 Å². The first-order chi connectivity index (χ1) is 9.54. The van der Waals surface area contributed by atoms with Crippen LogP contribution in [-0.2, 0) is 17.8 Å². The zero-order chi connectivity index (χ0) is 14.5. The Hall–Kier alpha value is -2.36. The van der Waals surface area contributed by atoms with Crippen molar-refractivity contribution in [2.75, 3.05) is 12.8 Å². The molecule has 0 saturated carbocycles. The highest BCUT2D eigenvalue weighted by molar-refractivity contribution is 5.78. The van der Waals surface area contributed by atoms with Crippen LogP contribution in [0.15, 0.2) is 48.5 Å². The Morgan fingerprint density at radius 1 is 1.15 bits per heavy atom. The smallest absolute Gasteiger partial charge is 0.227 e. The summed E-state index contributed by atoms with van der Waals surface area (Å²) in [4.78, 5) is 13.7. The molecule has 0 bridgehead atoms. The van der Waals surface area contributed by atoms with Gasteiger partial charge in [0.05, 0.1) is 6.42 Å². The molecular weight excluding hydrogens is 255 g/mol. The van der Waals surface area contributed by atoms with E-state index in [1.807, 2.05) is 12.1 Å². The Balaban J connectivity index is 1.98. The fraction of sp³-hybridized carbons (Fsp3) is 0.188. The maximum absolute atomic E-state index is 13.1. The van der Waals surface area contributed by atoms with Gasteiger partial charge in [0.1, 0.15) is 5.82 Å². The number of hydrogen-bond donors (Lipinski definition) is 1. The molecule has 0 aliphatic rings. The molecule has 0 atom stereocenters. The third-order valence-corrected chi connectivity index (χ3v) is 3.04. The first-order valence-electron chi connectivity index (χ1n) is 6.37.